The predicted octanol–water partition coefficient (Wildman–Crippen LogP) is 4.56. The molecule has 0 aliphatic carbocycles. The van der Waals surface area contributed by atoms with Crippen molar-refractivity contribution in [3.8, 4) is 22.6 Å². The number of hydrogen-bond acceptors (Lipinski definition) is 5. The van der Waals surface area contributed by atoms with Gasteiger partial charge in [-0.2, -0.15) is 0 Å². The Hall–Kier alpha value is -2.08. The lowest BCUT2D eigenvalue weighted by Gasteiger charge is -2.18. The quantitative estimate of drug-likeness (QED) is 0.731. The van der Waals surface area contributed by atoms with Crippen LogP contribution in [0.3, 0.4) is 0 Å². The van der Waals surface area contributed by atoms with Gasteiger partial charge in [0.25, 0.3) is 0 Å². The lowest BCUT2D eigenvalue weighted by Crippen LogP contribution is -2.25. The number of hydrogen-bond donors (Lipinski definition) is 1. The molecular formula is C19H17ClN2O2S. The molecule has 0 bridgehead atoms. The van der Waals surface area contributed by atoms with Gasteiger partial charge in [0.1, 0.15) is 11.6 Å². The predicted molar refractivity (Wildman–Crippen MR) is 100 cm³/mol. The second-order valence-corrected chi connectivity index (χ2v) is 7.39. The smallest absolute Gasteiger partial charge is 0.165 e. The van der Waals surface area contributed by atoms with Crippen molar-refractivity contribution in [3.05, 3.63) is 63.6 Å². The van der Waals surface area contributed by atoms with Crippen molar-refractivity contribution in [1.82, 2.24) is 9.88 Å². The molecule has 3 aromatic rings. The molecule has 25 heavy (non-hydrogen) atoms. The van der Waals surface area contributed by atoms with Gasteiger partial charge >= 0.3 is 0 Å². The number of halogens is 1. The van der Waals surface area contributed by atoms with E-state index < -0.39 is 0 Å². The highest BCUT2D eigenvalue weighted by molar-refractivity contribution is 7.09. The van der Waals surface area contributed by atoms with Crippen molar-refractivity contribution >= 4 is 22.9 Å². The number of phenols is 1. The van der Waals surface area contributed by atoms with Crippen LogP contribution < -0.4 is 4.74 Å². The van der Waals surface area contributed by atoms with Crippen LogP contribution in [0.15, 0.2) is 48.0 Å². The van der Waals surface area contributed by atoms with Crippen molar-refractivity contribution in [2.45, 2.75) is 13.1 Å². The van der Waals surface area contributed by atoms with Crippen molar-refractivity contribution in [3.63, 3.8) is 0 Å². The molecule has 4 rings (SSSR count). The van der Waals surface area contributed by atoms with Crippen molar-refractivity contribution in [2.75, 3.05) is 13.2 Å². The number of ether oxygens (including phenoxy) is 1. The molecule has 0 radical (unpaired) electrons. The van der Waals surface area contributed by atoms with Gasteiger partial charge in [0.05, 0.1) is 6.54 Å². The lowest BCUT2D eigenvalue weighted by atomic mass is 10.0. The zero-order chi connectivity index (χ0) is 17.2. The minimum Gasteiger partial charge on any atom is -0.504 e. The van der Waals surface area contributed by atoms with Gasteiger partial charge in [0, 0.05) is 35.3 Å². The minimum absolute atomic E-state index is 0.170. The highest BCUT2D eigenvalue weighted by atomic mass is 35.5. The molecule has 2 aromatic carbocycles. The summed E-state index contributed by atoms with van der Waals surface area (Å²) in [4.78, 5) is 6.64. The number of thiazole rings is 1. The van der Waals surface area contributed by atoms with Crippen LogP contribution in [0.1, 0.15) is 10.6 Å². The molecular weight excluding hydrogens is 356 g/mol. The molecule has 0 atom stereocenters. The molecule has 1 aliphatic rings. The van der Waals surface area contributed by atoms with E-state index in [-0.39, 0.29) is 5.75 Å². The molecule has 4 nitrogen and oxygen atoms in total. The summed E-state index contributed by atoms with van der Waals surface area (Å²) in [6, 6.07) is 11.4. The molecule has 0 spiro atoms. The van der Waals surface area contributed by atoms with Crippen molar-refractivity contribution in [1.29, 1.82) is 0 Å². The molecule has 1 N–H and O–H groups in total. The van der Waals surface area contributed by atoms with Gasteiger partial charge in [-0.25, -0.2) is 4.98 Å². The van der Waals surface area contributed by atoms with E-state index in [9.17, 15) is 5.11 Å². The van der Waals surface area contributed by atoms with E-state index in [4.69, 9.17) is 16.3 Å². The Kier molecular flexibility index (Phi) is 4.61. The molecule has 0 saturated heterocycles. The van der Waals surface area contributed by atoms with Gasteiger partial charge in [-0.05, 0) is 35.4 Å². The van der Waals surface area contributed by atoms with Gasteiger partial charge < -0.3 is 9.84 Å². The Morgan fingerprint density at radius 2 is 2.16 bits per heavy atom. The van der Waals surface area contributed by atoms with E-state index in [1.54, 1.807) is 17.4 Å². The van der Waals surface area contributed by atoms with E-state index in [0.29, 0.717) is 23.9 Å². The maximum absolute atomic E-state index is 10.4. The Bertz CT molecular complexity index is 883. The fourth-order valence-corrected chi connectivity index (χ4v) is 3.89. The van der Waals surface area contributed by atoms with Crippen LogP contribution in [0.25, 0.3) is 11.1 Å². The summed E-state index contributed by atoms with van der Waals surface area (Å²) >= 11 is 7.76. The molecule has 0 unspecified atom stereocenters. The first kappa shape index (κ1) is 16.4. The van der Waals surface area contributed by atoms with Crippen molar-refractivity contribution in [2.24, 2.45) is 0 Å². The summed E-state index contributed by atoms with van der Waals surface area (Å²) in [5.74, 6) is 0.746. The molecule has 0 amide bonds. The Balaban J connectivity index is 1.67. The SMILES string of the molecule is Oc1cc(-c2cccc(Cl)c2)cc2c1OCCN(Cc1nccs1)C2. The van der Waals surface area contributed by atoms with Crippen molar-refractivity contribution < 1.29 is 9.84 Å². The molecule has 0 saturated carbocycles. The first-order valence-corrected chi connectivity index (χ1v) is 9.30. The number of aromatic hydroxyl groups is 1. The standard InChI is InChI=1S/C19H17ClN2O2S/c20-16-3-1-2-13(9-16)14-8-15-11-22(12-18-21-4-7-25-18)5-6-24-19(15)17(23)10-14/h1-4,7-10,23H,5-6,11-12H2. The summed E-state index contributed by atoms with van der Waals surface area (Å²) in [7, 11) is 0. The van der Waals surface area contributed by atoms with Crippen LogP contribution in [-0.4, -0.2) is 28.1 Å². The molecule has 2 heterocycles. The average Bonchev–Trinajstić information content (AvgIpc) is 3.01. The van der Waals surface area contributed by atoms with Gasteiger partial charge in [-0.3, -0.25) is 4.90 Å². The topological polar surface area (TPSA) is 45.6 Å². The molecule has 1 aromatic heterocycles. The minimum atomic E-state index is 0.170. The lowest BCUT2D eigenvalue weighted by molar-refractivity contribution is 0.217. The third-order valence-electron chi connectivity index (χ3n) is 4.19. The van der Waals surface area contributed by atoms with E-state index >= 15 is 0 Å². The van der Waals surface area contributed by atoms with Crippen LogP contribution in [0.5, 0.6) is 11.5 Å². The number of aromatic nitrogens is 1. The summed E-state index contributed by atoms with van der Waals surface area (Å²) in [5, 5.41) is 14.2. The van der Waals surface area contributed by atoms with E-state index in [1.807, 2.05) is 35.8 Å². The van der Waals surface area contributed by atoms with E-state index in [1.165, 1.54) is 0 Å². The summed E-state index contributed by atoms with van der Waals surface area (Å²) < 4.78 is 5.81. The maximum atomic E-state index is 10.4. The first-order valence-electron chi connectivity index (χ1n) is 8.04. The monoisotopic (exact) mass is 372 g/mol. The van der Waals surface area contributed by atoms with E-state index in [2.05, 4.69) is 16.0 Å². The third kappa shape index (κ3) is 3.63. The first-order chi connectivity index (χ1) is 12.2. The van der Waals surface area contributed by atoms with Crippen LogP contribution in [0, 0.1) is 0 Å². The second-order valence-electron chi connectivity index (χ2n) is 5.98. The van der Waals surface area contributed by atoms with E-state index in [0.717, 1.165) is 34.8 Å². The number of phenolic OH excluding ortho intramolecular Hbond substituents is 1. The van der Waals surface area contributed by atoms with Crippen LogP contribution in [0.2, 0.25) is 5.02 Å². The largest absolute Gasteiger partial charge is 0.504 e. The second kappa shape index (κ2) is 7.04. The normalized spacial score (nSPS) is 14.6. The van der Waals surface area contributed by atoms with Gasteiger partial charge in [0.2, 0.25) is 0 Å². The van der Waals surface area contributed by atoms with Gasteiger partial charge in [-0.1, -0.05) is 23.7 Å². The molecule has 6 heteroatoms. The maximum Gasteiger partial charge on any atom is 0.165 e. The van der Waals surface area contributed by atoms with Gasteiger partial charge in [0.15, 0.2) is 11.5 Å². The average molecular weight is 373 g/mol. The highest BCUT2D eigenvalue weighted by Crippen LogP contribution is 2.38. The zero-order valence-corrected chi connectivity index (χ0v) is 15.1. The summed E-state index contributed by atoms with van der Waals surface area (Å²) in [5.41, 5.74) is 2.88. The van der Waals surface area contributed by atoms with Crippen LogP contribution >= 0.6 is 22.9 Å². The Labute approximate surface area is 155 Å². The fourth-order valence-electron chi connectivity index (χ4n) is 3.05. The summed E-state index contributed by atoms with van der Waals surface area (Å²) in [6.45, 7) is 2.82. The fraction of sp³-hybridized carbons (Fsp3) is 0.211. The number of benzene rings is 2. The molecule has 128 valence electrons. The summed E-state index contributed by atoms with van der Waals surface area (Å²) in [6.07, 6.45) is 1.82. The molecule has 1 aliphatic heterocycles. The number of nitrogens with zero attached hydrogens (tertiary/aromatic N) is 2. The van der Waals surface area contributed by atoms with Crippen LogP contribution in [-0.2, 0) is 13.1 Å². The zero-order valence-electron chi connectivity index (χ0n) is 13.5. The van der Waals surface area contributed by atoms with Gasteiger partial charge in [-0.15, -0.1) is 11.3 Å². The highest BCUT2D eigenvalue weighted by Gasteiger charge is 2.20. The van der Waals surface area contributed by atoms with Crippen LogP contribution in [0.4, 0.5) is 0 Å². The number of fused-ring (bicyclic) bond motifs is 1. The third-order valence-corrected chi connectivity index (χ3v) is 5.19. The number of rotatable bonds is 3. The molecule has 0 fully saturated rings. The Morgan fingerprint density at radius 1 is 1.24 bits per heavy atom. The Morgan fingerprint density at radius 3 is 2.96 bits per heavy atom.